The van der Waals surface area contributed by atoms with Crippen LogP contribution in [0.4, 0.5) is 0 Å². The van der Waals surface area contributed by atoms with Gasteiger partial charge in [-0.05, 0) is 152 Å². The van der Waals surface area contributed by atoms with Crippen molar-refractivity contribution in [2.75, 3.05) is 0 Å². The maximum absolute atomic E-state index is 2.86. The van der Waals surface area contributed by atoms with Crippen LogP contribution in [0.1, 0.15) is 95.5 Å². The number of nitrogens with zero attached hydrogens (tertiary/aromatic N) is 1. The average Bonchev–Trinajstić information content (AvgIpc) is 3.56. The van der Waals surface area contributed by atoms with E-state index in [1.807, 2.05) is 0 Å². The van der Waals surface area contributed by atoms with Gasteiger partial charge in [0.1, 0.15) is 0 Å². The Morgan fingerprint density at radius 1 is 0.627 bits per heavy atom. The van der Waals surface area contributed by atoms with Gasteiger partial charge in [0, 0.05) is 35.1 Å². The minimum Gasteiger partial charge on any atom is -0.341 e. The Morgan fingerprint density at radius 2 is 1.55 bits per heavy atom. The fourth-order valence-corrected chi connectivity index (χ4v) is 11.3. The molecule has 1 aliphatic heterocycles. The highest BCUT2D eigenvalue weighted by Crippen LogP contribution is 2.57. The predicted octanol–water partition coefficient (Wildman–Crippen LogP) is 12.8. The van der Waals surface area contributed by atoms with E-state index in [0.717, 1.165) is 25.7 Å². The van der Waals surface area contributed by atoms with E-state index in [2.05, 4.69) is 120 Å². The van der Waals surface area contributed by atoms with Crippen molar-refractivity contribution in [1.29, 1.82) is 0 Å². The standard InChI is InChI=1S/C50H53N/c1-4-13-34(14-5-1)37-23-25-38(26-24-37)45-33-41-28-30-48-50(49(41)46-32-40(27-29-43(45)46)36-17-8-3-9-18-36)44-21-10-11-22-47(44)51(48)42-20-12-19-39(31-42)35-15-6-2-7-16-35/h3-4,6,8-10,13-15,17-19,21,25,28,30-33,35,37,41,48-50H,1-2,5,7,11-12,16,20,22-24,26-27,29H2. The smallest absolute Gasteiger partial charge is 0.0591 e. The molecule has 0 fully saturated rings. The number of allylic oxidation sites excluding steroid dienone is 22. The summed E-state index contributed by atoms with van der Waals surface area (Å²) < 4.78 is 0. The van der Waals surface area contributed by atoms with Crippen molar-refractivity contribution in [3.8, 4) is 0 Å². The summed E-state index contributed by atoms with van der Waals surface area (Å²) in [5.74, 6) is 2.68. The lowest BCUT2D eigenvalue weighted by Crippen LogP contribution is -2.42. The summed E-state index contributed by atoms with van der Waals surface area (Å²) in [4.78, 5) is 2.86. The molecule has 10 rings (SSSR count). The van der Waals surface area contributed by atoms with Crippen LogP contribution in [0.25, 0.3) is 5.57 Å². The van der Waals surface area contributed by atoms with E-state index < -0.39 is 0 Å². The summed E-state index contributed by atoms with van der Waals surface area (Å²) in [7, 11) is 0. The molecule has 0 aromatic heterocycles. The lowest BCUT2D eigenvalue weighted by Gasteiger charge is -2.45. The molecule has 1 aromatic carbocycles. The second-order valence-electron chi connectivity index (χ2n) is 16.5. The first-order chi connectivity index (χ1) is 25.3. The molecule has 0 bridgehead atoms. The van der Waals surface area contributed by atoms with Crippen molar-refractivity contribution in [2.45, 2.75) is 95.9 Å². The van der Waals surface area contributed by atoms with Crippen LogP contribution in [0.2, 0.25) is 0 Å². The van der Waals surface area contributed by atoms with E-state index in [1.54, 1.807) is 50.4 Å². The highest BCUT2D eigenvalue weighted by molar-refractivity contribution is 5.74. The molecular formula is C50H53N. The predicted molar refractivity (Wildman–Crippen MR) is 213 cm³/mol. The van der Waals surface area contributed by atoms with Gasteiger partial charge in [0.25, 0.3) is 0 Å². The van der Waals surface area contributed by atoms with Crippen LogP contribution < -0.4 is 0 Å². The van der Waals surface area contributed by atoms with Crippen molar-refractivity contribution in [3.05, 3.63) is 171 Å². The van der Waals surface area contributed by atoms with Crippen LogP contribution in [0.15, 0.2) is 166 Å². The Balaban J connectivity index is 1.05. The van der Waals surface area contributed by atoms with Crippen LogP contribution in [0.3, 0.4) is 0 Å². The number of rotatable bonds is 5. The van der Waals surface area contributed by atoms with E-state index in [0.29, 0.717) is 35.6 Å². The van der Waals surface area contributed by atoms with Crippen LogP contribution >= 0.6 is 0 Å². The van der Waals surface area contributed by atoms with Gasteiger partial charge in [-0.25, -0.2) is 0 Å². The molecule has 0 saturated heterocycles. The number of fused-ring (bicyclic) bond motifs is 5. The summed E-state index contributed by atoms with van der Waals surface area (Å²) in [6.07, 6.45) is 52.7. The molecule has 0 spiro atoms. The van der Waals surface area contributed by atoms with E-state index in [4.69, 9.17) is 0 Å². The van der Waals surface area contributed by atoms with Gasteiger partial charge < -0.3 is 4.90 Å². The lowest BCUT2D eigenvalue weighted by molar-refractivity contribution is 0.250. The maximum Gasteiger partial charge on any atom is 0.0591 e. The first-order valence-corrected chi connectivity index (χ1v) is 20.5. The Labute approximate surface area is 306 Å². The number of hydrogen-bond donors (Lipinski definition) is 0. The summed E-state index contributed by atoms with van der Waals surface area (Å²) in [5, 5.41) is 0. The monoisotopic (exact) mass is 667 g/mol. The van der Waals surface area contributed by atoms with Crippen molar-refractivity contribution >= 4 is 5.57 Å². The summed E-state index contributed by atoms with van der Waals surface area (Å²) in [5.41, 5.74) is 17.5. The van der Waals surface area contributed by atoms with Crippen molar-refractivity contribution < 1.29 is 0 Å². The quantitative estimate of drug-likeness (QED) is 0.283. The molecular weight excluding hydrogens is 615 g/mol. The molecule has 1 heteroatoms. The zero-order chi connectivity index (χ0) is 33.7. The summed E-state index contributed by atoms with van der Waals surface area (Å²) in [6, 6.07) is 11.7. The van der Waals surface area contributed by atoms with Crippen LogP contribution in [0.5, 0.6) is 0 Å². The first-order valence-electron chi connectivity index (χ1n) is 20.5. The molecule has 258 valence electrons. The Bertz CT molecular complexity index is 1970. The highest BCUT2D eigenvalue weighted by atomic mass is 15.2. The molecule has 51 heavy (non-hydrogen) atoms. The normalized spacial score (nSPS) is 32.6. The van der Waals surface area contributed by atoms with Gasteiger partial charge in [-0.2, -0.15) is 0 Å². The van der Waals surface area contributed by atoms with Gasteiger partial charge in [0.05, 0.1) is 6.04 Å². The van der Waals surface area contributed by atoms with Gasteiger partial charge in [-0.1, -0.05) is 109 Å². The summed E-state index contributed by atoms with van der Waals surface area (Å²) >= 11 is 0. The molecule has 1 aromatic rings. The molecule has 0 saturated carbocycles. The van der Waals surface area contributed by atoms with E-state index >= 15 is 0 Å². The molecule has 0 radical (unpaired) electrons. The number of benzene rings is 1. The molecule has 8 aliphatic carbocycles. The SMILES string of the molecule is C1=CC(C2CC=C(C3=CC4C=CC5C(C6=C(CCC=C6)N5C5=CC(C6C=CCCC6)=CCC5)C4C4=C3CCC(c3ccccc3)=C4)CC2)=CCC1. The van der Waals surface area contributed by atoms with Gasteiger partial charge in [0.2, 0.25) is 0 Å². The largest absolute Gasteiger partial charge is 0.341 e. The van der Waals surface area contributed by atoms with Crippen molar-refractivity contribution in [3.63, 3.8) is 0 Å². The van der Waals surface area contributed by atoms with Gasteiger partial charge in [-0.3, -0.25) is 0 Å². The molecule has 0 N–H and O–H groups in total. The van der Waals surface area contributed by atoms with Crippen LogP contribution in [-0.4, -0.2) is 10.9 Å². The third kappa shape index (κ3) is 5.67. The molecule has 6 atom stereocenters. The zero-order valence-corrected chi connectivity index (χ0v) is 30.3. The van der Waals surface area contributed by atoms with E-state index in [-0.39, 0.29) is 0 Å². The second kappa shape index (κ2) is 13.5. The first kappa shape index (κ1) is 31.6. The fraction of sp³-hybridized carbons (Fsp3) is 0.400. The molecule has 1 nitrogen and oxygen atoms in total. The van der Waals surface area contributed by atoms with Crippen LogP contribution in [0, 0.1) is 29.6 Å². The van der Waals surface area contributed by atoms with Gasteiger partial charge >= 0.3 is 0 Å². The average molecular weight is 668 g/mol. The molecule has 1 heterocycles. The highest BCUT2D eigenvalue weighted by Gasteiger charge is 2.50. The lowest BCUT2D eigenvalue weighted by atomic mass is 9.61. The topological polar surface area (TPSA) is 3.24 Å². The Kier molecular flexibility index (Phi) is 8.35. The third-order valence-corrected chi connectivity index (χ3v) is 13.7. The molecule has 0 amide bonds. The van der Waals surface area contributed by atoms with E-state index in [1.165, 1.54) is 75.3 Å². The maximum atomic E-state index is 2.86. The number of hydrogen-bond acceptors (Lipinski definition) is 1. The van der Waals surface area contributed by atoms with Gasteiger partial charge in [0.15, 0.2) is 0 Å². The minimum absolute atomic E-state index is 0.400. The van der Waals surface area contributed by atoms with Crippen LogP contribution in [-0.2, 0) is 0 Å². The van der Waals surface area contributed by atoms with Crippen molar-refractivity contribution in [2.24, 2.45) is 29.6 Å². The van der Waals surface area contributed by atoms with Gasteiger partial charge in [-0.15, -0.1) is 0 Å². The Hall–Kier alpha value is -4.10. The Morgan fingerprint density at radius 3 is 2.39 bits per heavy atom. The second-order valence-corrected chi connectivity index (χ2v) is 16.5. The molecule has 6 unspecified atom stereocenters. The fourth-order valence-electron chi connectivity index (χ4n) is 11.3. The van der Waals surface area contributed by atoms with Crippen molar-refractivity contribution in [1.82, 2.24) is 4.90 Å². The zero-order valence-electron chi connectivity index (χ0n) is 30.3. The minimum atomic E-state index is 0.400. The molecule has 9 aliphatic rings. The summed E-state index contributed by atoms with van der Waals surface area (Å²) in [6.45, 7) is 0. The van der Waals surface area contributed by atoms with E-state index in [9.17, 15) is 0 Å². The third-order valence-electron chi connectivity index (χ3n) is 13.7.